The average Bonchev–Trinajstić information content (AvgIpc) is 2.92. The quantitative estimate of drug-likeness (QED) is 0.646. The summed E-state index contributed by atoms with van der Waals surface area (Å²) >= 11 is 0. The minimum atomic E-state index is -0.130. The molecule has 0 aromatic carbocycles. The Bertz CT molecular complexity index is 650. The molecule has 0 heterocycles. The Labute approximate surface area is 157 Å². The van der Waals surface area contributed by atoms with Crippen LogP contribution in [-0.2, 0) is 14.3 Å². The van der Waals surface area contributed by atoms with Crippen LogP contribution in [0, 0.1) is 34.5 Å². The maximum absolute atomic E-state index is 12.2. The number of rotatable bonds is 2. The van der Waals surface area contributed by atoms with Crippen molar-refractivity contribution in [3.05, 3.63) is 11.6 Å². The number of carbonyl (C=O) groups is 2. The van der Waals surface area contributed by atoms with Crippen molar-refractivity contribution in [1.29, 1.82) is 0 Å². The van der Waals surface area contributed by atoms with Gasteiger partial charge in [-0.25, -0.2) is 0 Å². The Morgan fingerprint density at radius 1 is 1.04 bits per heavy atom. The summed E-state index contributed by atoms with van der Waals surface area (Å²) in [6.45, 7) is 8.17. The van der Waals surface area contributed by atoms with Crippen LogP contribution in [-0.4, -0.2) is 17.9 Å². The molecule has 3 heteroatoms. The van der Waals surface area contributed by atoms with Gasteiger partial charge in [0, 0.05) is 6.92 Å². The lowest BCUT2D eigenvalue weighted by atomic mass is 9.44. The number of esters is 1. The normalized spacial score (nSPS) is 47.2. The van der Waals surface area contributed by atoms with E-state index in [1.54, 1.807) is 6.92 Å². The molecular formula is C23H34O3. The lowest BCUT2D eigenvalue weighted by Crippen LogP contribution is -2.54. The van der Waals surface area contributed by atoms with Crippen LogP contribution in [0.5, 0.6) is 0 Å². The van der Waals surface area contributed by atoms with E-state index in [1.807, 2.05) is 0 Å². The van der Waals surface area contributed by atoms with Crippen LogP contribution < -0.4 is 0 Å². The van der Waals surface area contributed by atoms with Crippen molar-refractivity contribution in [2.75, 3.05) is 0 Å². The second-order valence-electron chi connectivity index (χ2n) is 10.0. The molecule has 0 aliphatic heterocycles. The maximum Gasteiger partial charge on any atom is 0.302 e. The van der Waals surface area contributed by atoms with E-state index < -0.39 is 0 Å². The first-order valence-corrected chi connectivity index (χ1v) is 10.6. The number of Topliss-reactive ketones (excluding diaryl/α,β-unsaturated/α-hetero) is 1. The van der Waals surface area contributed by atoms with Crippen LogP contribution in [0.3, 0.4) is 0 Å². The zero-order valence-electron chi connectivity index (χ0n) is 16.8. The van der Waals surface area contributed by atoms with Crippen molar-refractivity contribution in [2.24, 2.45) is 34.5 Å². The summed E-state index contributed by atoms with van der Waals surface area (Å²) in [6.07, 6.45) is 11.7. The van der Waals surface area contributed by atoms with E-state index in [9.17, 15) is 9.59 Å². The molecule has 0 aromatic rings. The zero-order chi connectivity index (χ0) is 18.7. The van der Waals surface area contributed by atoms with Crippen LogP contribution in [0.1, 0.15) is 79.1 Å². The van der Waals surface area contributed by atoms with E-state index in [1.165, 1.54) is 39.0 Å². The number of hydrogen-bond donors (Lipinski definition) is 0. The van der Waals surface area contributed by atoms with Gasteiger partial charge in [0.25, 0.3) is 0 Å². The van der Waals surface area contributed by atoms with E-state index in [0.717, 1.165) is 36.7 Å². The third-order valence-corrected chi connectivity index (χ3v) is 8.91. The van der Waals surface area contributed by atoms with E-state index in [2.05, 4.69) is 19.9 Å². The smallest absolute Gasteiger partial charge is 0.302 e. The Morgan fingerprint density at radius 2 is 1.81 bits per heavy atom. The maximum atomic E-state index is 12.2. The first-order valence-electron chi connectivity index (χ1n) is 10.6. The molecule has 3 fully saturated rings. The number of allylic oxidation sites excluding steroid dienone is 2. The second-order valence-corrected chi connectivity index (χ2v) is 10.0. The number of carbonyl (C=O) groups excluding carboxylic acids is 2. The average molecular weight is 359 g/mol. The highest BCUT2D eigenvalue weighted by Gasteiger charge is 2.59. The van der Waals surface area contributed by atoms with Crippen molar-refractivity contribution in [1.82, 2.24) is 0 Å². The number of ketones is 1. The van der Waals surface area contributed by atoms with Gasteiger partial charge in [-0.05, 0) is 98.4 Å². The van der Waals surface area contributed by atoms with E-state index in [0.29, 0.717) is 17.3 Å². The summed E-state index contributed by atoms with van der Waals surface area (Å²) in [6, 6.07) is 0. The Hall–Kier alpha value is -1.12. The standard InChI is InChI=1S/C23H34O3/c1-14(24)19-7-8-20-18-6-5-16-13-17(26-15(2)25)9-11-22(16,3)21(18)10-12-23(19,20)4/h7,16-18,20-21H,5-6,8-13H2,1-4H3/t16-,17+,18-,20-,21-,22-,23+/m0/s1. The van der Waals surface area contributed by atoms with Crippen molar-refractivity contribution in [2.45, 2.75) is 85.2 Å². The van der Waals surface area contributed by atoms with Gasteiger partial charge in [0.15, 0.2) is 5.78 Å². The third kappa shape index (κ3) is 2.60. The van der Waals surface area contributed by atoms with E-state index in [-0.39, 0.29) is 23.3 Å². The molecule has 0 spiro atoms. The fourth-order valence-corrected chi connectivity index (χ4v) is 7.67. The van der Waals surface area contributed by atoms with Crippen molar-refractivity contribution >= 4 is 11.8 Å². The van der Waals surface area contributed by atoms with Gasteiger partial charge in [-0.2, -0.15) is 0 Å². The first kappa shape index (κ1) is 18.3. The molecule has 4 aliphatic carbocycles. The summed E-state index contributed by atoms with van der Waals surface area (Å²) < 4.78 is 5.56. The summed E-state index contributed by atoms with van der Waals surface area (Å²) in [4.78, 5) is 23.5. The molecule has 0 aromatic heterocycles. The molecule has 3 saturated carbocycles. The number of fused-ring (bicyclic) bond motifs is 5. The molecule has 7 atom stereocenters. The van der Waals surface area contributed by atoms with Crippen LogP contribution in [0.25, 0.3) is 0 Å². The van der Waals surface area contributed by atoms with Gasteiger partial charge in [0.1, 0.15) is 6.10 Å². The summed E-state index contributed by atoms with van der Waals surface area (Å²) in [7, 11) is 0. The van der Waals surface area contributed by atoms with Crippen molar-refractivity contribution in [3.63, 3.8) is 0 Å². The molecule has 144 valence electrons. The molecule has 26 heavy (non-hydrogen) atoms. The summed E-state index contributed by atoms with van der Waals surface area (Å²) in [5.74, 6) is 3.03. The molecule has 0 N–H and O–H groups in total. The predicted octanol–water partition coefficient (Wildman–Crippen LogP) is 5.09. The molecule has 0 bridgehead atoms. The molecule has 4 aliphatic rings. The Kier molecular flexibility index (Phi) is 4.36. The molecule has 0 saturated heterocycles. The van der Waals surface area contributed by atoms with Crippen molar-refractivity contribution < 1.29 is 14.3 Å². The lowest BCUT2D eigenvalue weighted by molar-refractivity contribution is -0.159. The molecular weight excluding hydrogens is 324 g/mol. The summed E-state index contributed by atoms with van der Waals surface area (Å²) in [5, 5.41) is 0. The molecule has 0 unspecified atom stereocenters. The fraction of sp³-hybridized carbons (Fsp3) is 0.826. The Morgan fingerprint density at radius 3 is 2.50 bits per heavy atom. The van der Waals surface area contributed by atoms with Crippen LogP contribution >= 0.6 is 0 Å². The van der Waals surface area contributed by atoms with E-state index in [4.69, 9.17) is 4.74 Å². The van der Waals surface area contributed by atoms with Gasteiger partial charge < -0.3 is 4.74 Å². The van der Waals surface area contributed by atoms with Gasteiger partial charge in [0.2, 0.25) is 0 Å². The summed E-state index contributed by atoms with van der Waals surface area (Å²) in [5.41, 5.74) is 1.62. The predicted molar refractivity (Wildman–Crippen MR) is 101 cm³/mol. The zero-order valence-corrected chi connectivity index (χ0v) is 16.8. The van der Waals surface area contributed by atoms with Gasteiger partial charge >= 0.3 is 5.97 Å². The topological polar surface area (TPSA) is 43.4 Å². The first-order chi connectivity index (χ1) is 12.3. The van der Waals surface area contributed by atoms with Crippen LogP contribution in [0.2, 0.25) is 0 Å². The molecule has 0 amide bonds. The Balaban J connectivity index is 1.54. The van der Waals surface area contributed by atoms with Crippen LogP contribution in [0.4, 0.5) is 0 Å². The minimum absolute atomic E-state index is 0.116. The highest BCUT2D eigenvalue weighted by atomic mass is 16.5. The monoisotopic (exact) mass is 358 g/mol. The van der Waals surface area contributed by atoms with Gasteiger partial charge in [-0.1, -0.05) is 19.9 Å². The minimum Gasteiger partial charge on any atom is -0.463 e. The van der Waals surface area contributed by atoms with Crippen LogP contribution in [0.15, 0.2) is 11.6 Å². The number of ether oxygens (including phenoxy) is 1. The second kappa shape index (κ2) is 6.21. The SMILES string of the molecule is CC(=O)O[C@@H]1CC[C@@]2(C)[C@@H](CC[C@@H]3[C@@H]2CC[C@]2(C)C(C(C)=O)=CC[C@@H]32)C1. The van der Waals surface area contributed by atoms with Gasteiger partial charge in [-0.3, -0.25) is 9.59 Å². The van der Waals surface area contributed by atoms with Gasteiger partial charge in [-0.15, -0.1) is 0 Å². The third-order valence-electron chi connectivity index (χ3n) is 8.91. The largest absolute Gasteiger partial charge is 0.463 e. The lowest BCUT2D eigenvalue weighted by Gasteiger charge is -2.60. The molecule has 4 rings (SSSR count). The highest BCUT2D eigenvalue weighted by molar-refractivity contribution is 5.95. The molecule has 3 nitrogen and oxygen atoms in total. The van der Waals surface area contributed by atoms with E-state index >= 15 is 0 Å². The fourth-order valence-electron chi connectivity index (χ4n) is 7.67. The molecule has 0 radical (unpaired) electrons. The van der Waals surface area contributed by atoms with Crippen molar-refractivity contribution in [3.8, 4) is 0 Å². The van der Waals surface area contributed by atoms with Gasteiger partial charge in [0.05, 0.1) is 0 Å². The highest BCUT2D eigenvalue weighted by Crippen LogP contribution is 2.66. The number of hydrogen-bond acceptors (Lipinski definition) is 3.